The molecule has 1 aromatic heterocycles. The van der Waals surface area contributed by atoms with Gasteiger partial charge in [0.1, 0.15) is 6.04 Å². The maximum atomic E-state index is 12.2. The molecule has 0 radical (unpaired) electrons. The number of carbonyl (C=O) groups excluding carboxylic acids is 2. The summed E-state index contributed by atoms with van der Waals surface area (Å²) in [6.45, 7) is 3.35. The monoisotopic (exact) mass is 358 g/mol. The second-order valence-corrected chi connectivity index (χ2v) is 6.69. The van der Waals surface area contributed by atoms with Gasteiger partial charge in [-0.05, 0) is 50.2 Å². The molecule has 7 heteroatoms. The standard InChI is InChI=1S/C18H18N2O4S/c1-11-3-9-15(25-11)10-6-13-4-7-14(8-5-13)17(22)19-16(12(2)21)18(23)20-24/h3-5,7-9,12,16,21,24H,1-2H3,(H,19,22)(H,20,23). The van der Waals surface area contributed by atoms with Crippen LogP contribution in [0, 0.1) is 18.8 Å². The van der Waals surface area contributed by atoms with Gasteiger partial charge in [0, 0.05) is 16.0 Å². The SMILES string of the molecule is Cc1ccc(C#Cc2ccc(C(=O)NC(C(=O)NO)C(C)O)cc2)s1. The molecule has 1 heterocycles. The molecule has 2 aromatic rings. The van der Waals surface area contributed by atoms with E-state index in [0.29, 0.717) is 5.56 Å². The van der Waals surface area contributed by atoms with E-state index in [1.54, 1.807) is 35.6 Å². The van der Waals surface area contributed by atoms with Gasteiger partial charge < -0.3 is 10.4 Å². The molecule has 6 nitrogen and oxygen atoms in total. The van der Waals surface area contributed by atoms with E-state index in [1.165, 1.54) is 17.3 Å². The number of amides is 2. The van der Waals surface area contributed by atoms with Crippen LogP contribution in [0.15, 0.2) is 36.4 Å². The normalized spacial score (nSPS) is 12.5. The van der Waals surface area contributed by atoms with Crippen molar-refractivity contribution in [3.8, 4) is 11.8 Å². The molecule has 0 saturated carbocycles. The molecule has 0 aliphatic carbocycles. The number of rotatable bonds is 4. The largest absolute Gasteiger partial charge is 0.391 e. The molecule has 25 heavy (non-hydrogen) atoms. The molecular formula is C18H18N2O4S. The van der Waals surface area contributed by atoms with Crippen molar-refractivity contribution in [3.63, 3.8) is 0 Å². The Morgan fingerprint density at radius 3 is 2.32 bits per heavy atom. The summed E-state index contributed by atoms with van der Waals surface area (Å²) in [5.41, 5.74) is 2.48. The Morgan fingerprint density at radius 1 is 1.12 bits per heavy atom. The number of hydrogen-bond acceptors (Lipinski definition) is 5. The summed E-state index contributed by atoms with van der Waals surface area (Å²) in [5, 5.41) is 20.5. The second kappa shape index (κ2) is 8.44. The number of hydroxylamine groups is 1. The van der Waals surface area contributed by atoms with Crippen LogP contribution >= 0.6 is 11.3 Å². The third-order valence-electron chi connectivity index (χ3n) is 3.38. The first-order chi connectivity index (χ1) is 11.9. The van der Waals surface area contributed by atoms with Crippen LogP contribution in [0.3, 0.4) is 0 Å². The smallest absolute Gasteiger partial charge is 0.268 e. The van der Waals surface area contributed by atoms with Crippen LogP contribution in [0.2, 0.25) is 0 Å². The predicted molar refractivity (Wildman–Crippen MR) is 94.3 cm³/mol. The van der Waals surface area contributed by atoms with Gasteiger partial charge in [0.2, 0.25) is 0 Å². The zero-order valence-corrected chi connectivity index (χ0v) is 14.6. The average Bonchev–Trinajstić information content (AvgIpc) is 3.02. The lowest BCUT2D eigenvalue weighted by molar-refractivity contribution is -0.133. The topological polar surface area (TPSA) is 98.7 Å². The molecule has 0 spiro atoms. The predicted octanol–water partition coefficient (Wildman–Crippen LogP) is 1.44. The summed E-state index contributed by atoms with van der Waals surface area (Å²) in [7, 11) is 0. The Kier molecular flexibility index (Phi) is 6.31. The van der Waals surface area contributed by atoms with Crippen molar-refractivity contribution in [1.29, 1.82) is 0 Å². The number of aliphatic hydroxyl groups is 1. The van der Waals surface area contributed by atoms with Gasteiger partial charge >= 0.3 is 0 Å². The van der Waals surface area contributed by atoms with Crippen molar-refractivity contribution >= 4 is 23.2 Å². The van der Waals surface area contributed by atoms with E-state index >= 15 is 0 Å². The van der Waals surface area contributed by atoms with E-state index in [4.69, 9.17) is 5.21 Å². The van der Waals surface area contributed by atoms with Gasteiger partial charge in [-0.1, -0.05) is 11.8 Å². The summed E-state index contributed by atoms with van der Waals surface area (Å²) in [4.78, 5) is 25.8. The fourth-order valence-electron chi connectivity index (χ4n) is 2.04. The molecule has 130 valence electrons. The molecule has 0 fully saturated rings. The number of thiophene rings is 1. The zero-order valence-electron chi connectivity index (χ0n) is 13.7. The zero-order chi connectivity index (χ0) is 18.4. The Labute approximate surface area is 149 Å². The van der Waals surface area contributed by atoms with E-state index in [-0.39, 0.29) is 0 Å². The maximum Gasteiger partial charge on any atom is 0.268 e. The van der Waals surface area contributed by atoms with Gasteiger partial charge in [0.15, 0.2) is 0 Å². The molecule has 0 saturated heterocycles. The highest BCUT2D eigenvalue weighted by atomic mass is 32.1. The minimum Gasteiger partial charge on any atom is -0.391 e. The Hall–Kier alpha value is -2.66. The van der Waals surface area contributed by atoms with Crippen LogP contribution in [0.1, 0.15) is 32.6 Å². The van der Waals surface area contributed by atoms with Gasteiger partial charge in [0.25, 0.3) is 11.8 Å². The fraction of sp³-hybridized carbons (Fsp3) is 0.222. The quantitative estimate of drug-likeness (QED) is 0.378. The highest BCUT2D eigenvalue weighted by molar-refractivity contribution is 7.12. The lowest BCUT2D eigenvalue weighted by Crippen LogP contribution is -2.51. The lowest BCUT2D eigenvalue weighted by Gasteiger charge is -2.19. The molecule has 2 amide bonds. The van der Waals surface area contributed by atoms with Crippen LogP contribution in [-0.2, 0) is 4.79 Å². The summed E-state index contributed by atoms with van der Waals surface area (Å²) in [6.07, 6.45) is -1.16. The van der Waals surface area contributed by atoms with Crippen molar-refractivity contribution in [2.24, 2.45) is 0 Å². The number of aliphatic hydroxyl groups excluding tert-OH is 1. The number of nitrogens with one attached hydrogen (secondary N) is 2. The average molecular weight is 358 g/mol. The molecule has 0 aliphatic rings. The highest BCUT2D eigenvalue weighted by Crippen LogP contribution is 2.13. The fourth-order valence-corrected chi connectivity index (χ4v) is 2.76. The Balaban J connectivity index is 2.07. The van der Waals surface area contributed by atoms with Gasteiger partial charge in [-0.3, -0.25) is 14.8 Å². The first-order valence-corrected chi connectivity index (χ1v) is 8.33. The van der Waals surface area contributed by atoms with Crippen LogP contribution in [0.5, 0.6) is 0 Å². The first-order valence-electron chi connectivity index (χ1n) is 7.52. The Bertz CT molecular complexity index is 816. The number of hydrogen-bond donors (Lipinski definition) is 4. The molecule has 0 bridgehead atoms. The third-order valence-corrected chi connectivity index (χ3v) is 4.30. The summed E-state index contributed by atoms with van der Waals surface area (Å²) >= 11 is 1.61. The molecule has 4 N–H and O–H groups in total. The molecule has 2 unspecified atom stereocenters. The van der Waals surface area contributed by atoms with E-state index < -0.39 is 24.0 Å². The molecular weight excluding hydrogens is 340 g/mol. The van der Waals surface area contributed by atoms with Crippen molar-refractivity contribution < 1.29 is 19.9 Å². The van der Waals surface area contributed by atoms with Crippen molar-refractivity contribution in [1.82, 2.24) is 10.8 Å². The van der Waals surface area contributed by atoms with Crippen molar-refractivity contribution in [2.45, 2.75) is 26.0 Å². The van der Waals surface area contributed by atoms with Crippen LogP contribution in [0.25, 0.3) is 0 Å². The van der Waals surface area contributed by atoms with Gasteiger partial charge in [-0.2, -0.15) is 0 Å². The summed E-state index contributed by atoms with van der Waals surface area (Å²) < 4.78 is 0. The first kappa shape index (κ1) is 18.7. The van der Waals surface area contributed by atoms with E-state index in [1.807, 2.05) is 19.1 Å². The number of benzene rings is 1. The van der Waals surface area contributed by atoms with Crippen molar-refractivity contribution in [2.75, 3.05) is 0 Å². The van der Waals surface area contributed by atoms with Gasteiger partial charge in [-0.15, -0.1) is 11.3 Å². The van der Waals surface area contributed by atoms with Gasteiger partial charge in [-0.25, -0.2) is 5.48 Å². The second-order valence-electron chi connectivity index (χ2n) is 5.41. The lowest BCUT2D eigenvalue weighted by atomic mass is 10.1. The van der Waals surface area contributed by atoms with E-state index in [9.17, 15) is 14.7 Å². The third kappa shape index (κ3) is 5.16. The van der Waals surface area contributed by atoms with E-state index in [2.05, 4.69) is 17.2 Å². The van der Waals surface area contributed by atoms with Crippen molar-refractivity contribution in [3.05, 3.63) is 57.3 Å². The minimum absolute atomic E-state index is 0.314. The van der Waals surface area contributed by atoms with Crippen LogP contribution in [-0.4, -0.2) is 34.3 Å². The van der Waals surface area contributed by atoms with Crippen LogP contribution in [0.4, 0.5) is 0 Å². The molecule has 0 aliphatic heterocycles. The van der Waals surface area contributed by atoms with Gasteiger partial charge in [0.05, 0.1) is 11.0 Å². The molecule has 1 aromatic carbocycles. The minimum atomic E-state index is -1.25. The number of aryl methyl sites for hydroxylation is 1. The highest BCUT2D eigenvalue weighted by Gasteiger charge is 2.25. The van der Waals surface area contributed by atoms with Crippen LogP contribution < -0.4 is 10.8 Å². The maximum absolute atomic E-state index is 12.2. The molecule has 2 atom stereocenters. The number of carbonyl (C=O) groups is 2. The summed E-state index contributed by atoms with van der Waals surface area (Å²) in [6, 6.07) is 9.27. The summed E-state index contributed by atoms with van der Waals surface area (Å²) in [5.74, 6) is 4.64. The Morgan fingerprint density at radius 2 is 1.80 bits per heavy atom. The molecule has 2 rings (SSSR count). The van der Waals surface area contributed by atoms with E-state index in [0.717, 1.165) is 10.4 Å².